The molecular weight excluding hydrogens is 272 g/mol. The summed E-state index contributed by atoms with van der Waals surface area (Å²) in [6.45, 7) is 10.7. The van der Waals surface area contributed by atoms with Crippen molar-refractivity contribution in [3.63, 3.8) is 0 Å². The smallest absolute Gasteiger partial charge is 0.191 e. The summed E-state index contributed by atoms with van der Waals surface area (Å²) in [7, 11) is 1.83. The van der Waals surface area contributed by atoms with Gasteiger partial charge in [0, 0.05) is 39.3 Å². The van der Waals surface area contributed by atoms with Crippen LogP contribution in [0.4, 0.5) is 0 Å². The molecule has 0 saturated carbocycles. The molecule has 1 heterocycles. The average Bonchev–Trinajstić information content (AvgIpc) is 2.54. The van der Waals surface area contributed by atoms with Crippen LogP contribution in [-0.2, 0) is 13.0 Å². The summed E-state index contributed by atoms with van der Waals surface area (Å²) < 4.78 is 0. The van der Waals surface area contributed by atoms with E-state index in [2.05, 4.69) is 65.6 Å². The van der Waals surface area contributed by atoms with Crippen molar-refractivity contribution in [3.8, 4) is 0 Å². The molecular formula is C18H30N4. The Morgan fingerprint density at radius 2 is 1.82 bits per heavy atom. The van der Waals surface area contributed by atoms with Crippen LogP contribution in [0, 0.1) is 5.92 Å². The number of hydrogen-bond acceptors (Lipinski definition) is 2. The van der Waals surface area contributed by atoms with Crippen LogP contribution in [0.1, 0.15) is 31.9 Å². The van der Waals surface area contributed by atoms with Gasteiger partial charge >= 0.3 is 0 Å². The van der Waals surface area contributed by atoms with Gasteiger partial charge < -0.3 is 10.6 Å². The number of fused-ring (bicyclic) bond motifs is 1. The van der Waals surface area contributed by atoms with Crippen molar-refractivity contribution in [1.29, 1.82) is 0 Å². The van der Waals surface area contributed by atoms with Crippen LogP contribution >= 0.6 is 0 Å². The Kier molecular flexibility index (Phi) is 6.25. The molecule has 122 valence electrons. The van der Waals surface area contributed by atoms with Crippen molar-refractivity contribution < 1.29 is 0 Å². The second-order valence-electron chi connectivity index (χ2n) is 6.57. The topological polar surface area (TPSA) is 39.7 Å². The zero-order valence-electron chi connectivity index (χ0n) is 14.4. The minimum Gasteiger partial charge on any atom is -0.356 e. The van der Waals surface area contributed by atoms with Crippen LogP contribution < -0.4 is 10.6 Å². The normalized spacial score (nSPS) is 17.2. The molecule has 4 nitrogen and oxygen atoms in total. The molecule has 0 amide bonds. The fourth-order valence-corrected chi connectivity index (χ4v) is 2.79. The Bertz CT molecular complexity index is 496. The van der Waals surface area contributed by atoms with Crippen molar-refractivity contribution in [1.82, 2.24) is 15.5 Å². The maximum Gasteiger partial charge on any atom is 0.191 e. The van der Waals surface area contributed by atoms with Gasteiger partial charge in [-0.1, -0.05) is 38.1 Å². The Morgan fingerprint density at radius 1 is 1.14 bits per heavy atom. The van der Waals surface area contributed by atoms with Gasteiger partial charge in [-0.25, -0.2) is 0 Å². The first-order valence-electron chi connectivity index (χ1n) is 8.35. The monoisotopic (exact) mass is 302 g/mol. The number of aliphatic imine (C=N–C) groups is 1. The summed E-state index contributed by atoms with van der Waals surface area (Å²) in [4.78, 5) is 6.84. The molecule has 0 saturated heterocycles. The van der Waals surface area contributed by atoms with E-state index in [9.17, 15) is 0 Å². The third-order valence-corrected chi connectivity index (χ3v) is 4.25. The van der Waals surface area contributed by atoms with Crippen molar-refractivity contribution in [3.05, 3.63) is 35.4 Å². The van der Waals surface area contributed by atoms with E-state index >= 15 is 0 Å². The molecule has 1 aliphatic heterocycles. The summed E-state index contributed by atoms with van der Waals surface area (Å²) in [5.74, 6) is 1.52. The average molecular weight is 302 g/mol. The third-order valence-electron chi connectivity index (χ3n) is 4.25. The minimum absolute atomic E-state index is 0.492. The fourth-order valence-electron chi connectivity index (χ4n) is 2.79. The first kappa shape index (κ1) is 16.8. The number of guanidine groups is 1. The largest absolute Gasteiger partial charge is 0.356 e. The van der Waals surface area contributed by atoms with Crippen molar-refractivity contribution in [2.75, 3.05) is 26.7 Å². The number of nitrogens with zero attached hydrogens (tertiary/aromatic N) is 2. The number of hydrogen-bond donors (Lipinski definition) is 2. The van der Waals surface area contributed by atoms with Gasteiger partial charge in [-0.2, -0.15) is 0 Å². The van der Waals surface area contributed by atoms with Crippen LogP contribution in [0.15, 0.2) is 29.3 Å². The fraction of sp³-hybridized carbons (Fsp3) is 0.611. The maximum absolute atomic E-state index is 4.29. The first-order chi connectivity index (χ1) is 10.6. The second-order valence-corrected chi connectivity index (χ2v) is 6.57. The van der Waals surface area contributed by atoms with Gasteiger partial charge in [0.2, 0.25) is 0 Å². The molecule has 2 N–H and O–H groups in total. The summed E-state index contributed by atoms with van der Waals surface area (Å²) in [5.41, 5.74) is 2.98. The lowest BCUT2D eigenvalue weighted by Gasteiger charge is -2.34. The predicted molar refractivity (Wildman–Crippen MR) is 94.2 cm³/mol. The van der Waals surface area contributed by atoms with E-state index in [1.807, 2.05) is 7.05 Å². The first-order valence-corrected chi connectivity index (χ1v) is 8.35. The van der Waals surface area contributed by atoms with Crippen molar-refractivity contribution >= 4 is 5.96 Å². The van der Waals surface area contributed by atoms with E-state index in [-0.39, 0.29) is 0 Å². The number of rotatable bonds is 5. The molecule has 1 aliphatic rings. The van der Waals surface area contributed by atoms with E-state index in [4.69, 9.17) is 0 Å². The second kappa shape index (κ2) is 8.18. The highest BCUT2D eigenvalue weighted by Gasteiger charge is 2.20. The predicted octanol–water partition coefficient (Wildman–Crippen LogP) is 2.25. The van der Waals surface area contributed by atoms with Gasteiger partial charge in [-0.3, -0.25) is 9.89 Å². The van der Waals surface area contributed by atoms with Crippen molar-refractivity contribution in [2.24, 2.45) is 10.9 Å². The third kappa shape index (κ3) is 4.73. The zero-order chi connectivity index (χ0) is 15.9. The molecule has 0 aromatic heterocycles. The Labute approximate surface area is 135 Å². The van der Waals surface area contributed by atoms with E-state index in [1.54, 1.807) is 0 Å². The van der Waals surface area contributed by atoms with Gasteiger partial charge in [0.15, 0.2) is 5.96 Å². The molecule has 0 fully saturated rings. The summed E-state index contributed by atoms with van der Waals surface area (Å²) in [6, 6.07) is 9.29. The quantitative estimate of drug-likeness (QED) is 0.647. The highest BCUT2D eigenvalue weighted by Crippen LogP contribution is 2.19. The SMILES string of the molecule is CN=C(NCC(C)C)NCC(C)N1CCc2ccccc2C1. The van der Waals surface area contributed by atoms with Gasteiger partial charge in [0.1, 0.15) is 0 Å². The van der Waals surface area contributed by atoms with E-state index in [1.165, 1.54) is 11.1 Å². The Morgan fingerprint density at radius 3 is 2.50 bits per heavy atom. The summed E-state index contributed by atoms with van der Waals surface area (Å²) in [5, 5.41) is 6.81. The Hall–Kier alpha value is -1.55. The zero-order valence-corrected chi connectivity index (χ0v) is 14.4. The molecule has 4 heteroatoms. The minimum atomic E-state index is 0.492. The van der Waals surface area contributed by atoms with E-state index in [0.29, 0.717) is 12.0 Å². The standard InChI is InChI=1S/C18H30N4/c1-14(2)11-20-18(19-4)21-12-15(3)22-10-9-16-7-5-6-8-17(16)13-22/h5-8,14-15H,9-13H2,1-4H3,(H2,19,20,21). The molecule has 2 rings (SSSR count). The highest BCUT2D eigenvalue weighted by atomic mass is 15.2. The lowest BCUT2D eigenvalue weighted by atomic mass is 9.99. The van der Waals surface area contributed by atoms with Gasteiger partial charge in [0.05, 0.1) is 0 Å². The molecule has 22 heavy (non-hydrogen) atoms. The van der Waals surface area contributed by atoms with Gasteiger partial charge in [0.25, 0.3) is 0 Å². The molecule has 1 unspecified atom stereocenters. The van der Waals surface area contributed by atoms with E-state index in [0.717, 1.165) is 38.6 Å². The van der Waals surface area contributed by atoms with Crippen LogP contribution in [0.5, 0.6) is 0 Å². The maximum atomic E-state index is 4.29. The lowest BCUT2D eigenvalue weighted by molar-refractivity contribution is 0.191. The van der Waals surface area contributed by atoms with Crippen LogP contribution in [0.3, 0.4) is 0 Å². The molecule has 0 aliphatic carbocycles. The molecule has 0 radical (unpaired) electrons. The van der Waals surface area contributed by atoms with Crippen LogP contribution in [0.25, 0.3) is 0 Å². The molecule has 0 bridgehead atoms. The van der Waals surface area contributed by atoms with Gasteiger partial charge in [-0.15, -0.1) is 0 Å². The van der Waals surface area contributed by atoms with Gasteiger partial charge in [-0.05, 0) is 30.4 Å². The summed E-state index contributed by atoms with van der Waals surface area (Å²) >= 11 is 0. The van der Waals surface area contributed by atoms with Crippen molar-refractivity contribution in [2.45, 2.75) is 39.8 Å². The number of nitrogens with one attached hydrogen (secondary N) is 2. The lowest BCUT2D eigenvalue weighted by Crippen LogP contribution is -2.47. The van der Waals surface area contributed by atoms with Crippen LogP contribution in [0.2, 0.25) is 0 Å². The van der Waals surface area contributed by atoms with E-state index < -0.39 is 0 Å². The Balaban J connectivity index is 1.82. The summed E-state index contributed by atoms with van der Waals surface area (Å²) in [6.07, 6.45) is 1.15. The number of benzene rings is 1. The molecule has 1 aromatic carbocycles. The molecule has 1 aromatic rings. The van der Waals surface area contributed by atoms with Crippen LogP contribution in [-0.4, -0.2) is 43.6 Å². The highest BCUT2D eigenvalue weighted by molar-refractivity contribution is 5.79. The molecule has 1 atom stereocenters. The molecule has 0 spiro atoms.